The topological polar surface area (TPSA) is 59.6 Å². The molecular weight excluding hydrogens is 336 g/mol. The van der Waals surface area contributed by atoms with Gasteiger partial charge in [-0.15, -0.1) is 11.8 Å². The molecule has 0 spiro atoms. The van der Waals surface area contributed by atoms with Crippen LogP contribution in [0.5, 0.6) is 11.5 Å². The number of ether oxygens (including phenoxy) is 2. The van der Waals surface area contributed by atoms with Gasteiger partial charge in [0.2, 0.25) is 0 Å². The maximum Gasteiger partial charge on any atom is 0.315 e. The average molecular weight is 358 g/mol. The molecule has 2 amide bonds. The summed E-state index contributed by atoms with van der Waals surface area (Å²) in [6.07, 6.45) is 0. The van der Waals surface area contributed by atoms with Crippen LogP contribution in [-0.4, -0.2) is 31.5 Å². The lowest BCUT2D eigenvalue weighted by molar-refractivity contribution is 0.171. The molecule has 6 heteroatoms. The van der Waals surface area contributed by atoms with E-state index < -0.39 is 0 Å². The molecule has 2 aromatic rings. The van der Waals surface area contributed by atoms with Crippen LogP contribution in [0.15, 0.2) is 53.4 Å². The summed E-state index contributed by atoms with van der Waals surface area (Å²) in [6.45, 7) is 3.68. The summed E-state index contributed by atoms with van der Waals surface area (Å²) < 4.78 is 11.1. The van der Waals surface area contributed by atoms with Crippen LogP contribution in [0.4, 0.5) is 4.79 Å². The van der Waals surface area contributed by atoms with Gasteiger partial charge >= 0.3 is 6.03 Å². The Morgan fingerprint density at radius 1 is 1.12 bits per heavy atom. The monoisotopic (exact) mass is 358 g/mol. The largest absolute Gasteiger partial charge is 0.486 e. The molecule has 2 N–H and O–H groups in total. The van der Waals surface area contributed by atoms with Gasteiger partial charge in [0.25, 0.3) is 0 Å². The van der Waals surface area contributed by atoms with Crippen LogP contribution in [0.25, 0.3) is 0 Å². The molecule has 0 saturated heterocycles. The van der Waals surface area contributed by atoms with Crippen molar-refractivity contribution in [2.75, 3.05) is 25.5 Å². The molecule has 0 aliphatic carbocycles. The van der Waals surface area contributed by atoms with Crippen molar-refractivity contribution in [3.63, 3.8) is 0 Å². The molecule has 1 heterocycles. The van der Waals surface area contributed by atoms with Crippen molar-refractivity contribution >= 4 is 17.8 Å². The van der Waals surface area contributed by atoms with Crippen molar-refractivity contribution in [2.45, 2.75) is 17.9 Å². The van der Waals surface area contributed by atoms with Crippen LogP contribution in [0.2, 0.25) is 0 Å². The van der Waals surface area contributed by atoms with Gasteiger partial charge in [-0.25, -0.2) is 4.79 Å². The number of thioether (sulfide) groups is 1. The molecule has 0 saturated carbocycles. The second-order valence-electron chi connectivity index (χ2n) is 5.69. The number of amides is 2. The first-order valence-corrected chi connectivity index (χ1v) is 9.33. The minimum atomic E-state index is -0.170. The molecule has 1 aliphatic rings. The zero-order valence-corrected chi connectivity index (χ0v) is 15.0. The molecule has 2 aromatic carbocycles. The molecule has 25 heavy (non-hydrogen) atoms. The highest BCUT2D eigenvalue weighted by Gasteiger charge is 2.15. The zero-order chi connectivity index (χ0) is 17.5. The highest BCUT2D eigenvalue weighted by Crippen LogP contribution is 2.32. The lowest BCUT2D eigenvalue weighted by atomic mass is 10.1. The fourth-order valence-electron chi connectivity index (χ4n) is 2.51. The van der Waals surface area contributed by atoms with E-state index in [2.05, 4.69) is 22.8 Å². The highest BCUT2D eigenvalue weighted by atomic mass is 32.2. The molecule has 0 radical (unpaired) electrons. The number of fused-ring (bicyclic) bond motifs is 1. The zero-order valence-electron chi connectivity index (χ0n) is 14.2. The Kier molecular flexibility index (Phi) is 6.06. The Morgan fingerprint density at radius 3 is 2.68 bits per heavy atom. The molecular formula is C19H22N2O3S. The van der Waals surface area contributed by atoms with Crippen molar-refractivity contribution in [1.29, 1.82) is 0 Å². The molecule has 3 rings (SSSR count). The Labute approximate surface area is 152 Å². The van der Waals surface area contributed by atoms with E-state index in [0.29, 0.717) is 19.8 Å². The molecule has 0 fully saturated rings. The third kappa shape index (κ3) is 5.06. The normalized spacial score (nSPS) is 13.8. The van der Waals surface area contributed by atoms with Crippen molar-refractivity contribution in [3.8, 4) is 11.5 Å². The number of hydrogen-bond acceptors (Lipinski definition) is 4. The maximum absolute atomic E-state index is 12.0. The first-order valence-electron chi connectivity index (χ1n) is 8.34. The van der Waals surface area contributed by atoms with E-state index in [4.69, 9.17) is 9.47 Å². The van der Waals surface area contributed by atoms with Gasteiger partial charge in [0.15, 0.2) is 11.5 Å². The van der Waals surface area contributed by atoms with E-state index in [0.717, 1.165) is 22.8 Å². The van der Waals surface area contributed by atoms with E-state index >= 15 is 0 Å². The van der Waals surface area contributed by atoms with Crippen molar-refractivity contribution < 1.29 is 14.3 Å². The minimum Gasteiger partial charge on any atom is -0.486 e. The summed E-state index contributed by atoms with van der Waals surface area (Å²) in [6, 6.07) is 15.6. The van der Waals surface area contributed by atoms with Gasteiger partial charge in [-0.2, -0.15) is 0 Å². The fourth-order valence-corrected chi connectivity index (χ4v) is 3.30. The number of carbonyl (C=O) groups is 1. The van der Waals surface area contributed by atoms with Crippen molar-refractivity contribution in [1.82, 2.24) is 10.6 Å². The third-order valence-corrected chi connectivity index (χ3v) is 4.83. The van der Waals surface area contributed by atoms with Gasteiger partial charge < -0.3 is 20.1 Å². The summed E-state index contributed by atoms with van der Waals surface area (Å²) in [7, 11) is 0. The van der Waals surface area contributed by atoms with E-state index in [1.807, 2.05) is 43.3 Å². The van der Waals surface area contributed by atoms with Crippen LogP contribution in [0.1, 0.15) is 18.5 Å². The Hall–Kier alpha value is -2.34. The summed E-state index contributed by atoms with van der Waals surface area (Å²) in [4.78, 5) is 13.2. The Bertz CT molecular complexity index is 709. The second kappa shape index (κ2) is 8.67. The number of nitrogens with one attached hydrogen (secondary N) is 2. The van der Waals surface area contributed by atoms with Crippen LogP contribution < -0.4 is 20.1 Å². The standard InChI is InChI=1S/C19H22N2O3S/c1-14(15-7-8-17-18(13-15)24-11-10-23-17)21-19(22)20-9-12-25-16-5-3-2-4-6-16/h2-8,13-14H,9-12H2,1H3,(H2,20,21,22). The lowest BCUT2D eigenvalue weighted by Gasteiger charge is -2.21. The predicted octanol–water partition coefficient (Wildman–Crippen LogP) is 3.61. The maximum atomic E-state index is 12.0. The van der Waals surface area contributed by atoms with E-state index in [1.54, 1.807) is 11.8 Å². The van der Waals surface area contributed by atoms with Crippen molar-refractivity contribution in [3.05, 3.63) is 54.1 Å². The molecule has 1 atom stereocenters. The van der Waals surface area contributed by atoms with E-state index in [9.17, 15) is 4.79 Å². The molecule has 1 unspecified atom stereocenters. The number of hydrogen-bond donors (Lipinski definition) is 2. The number of rotatable bonds is 6. The van der Waals surface area contributed by atoms with Gasteiger partial charge in [-0.3, -0.25) is 0 Å². The summed E-state index contributed by atoms with van der Waals surface area (Å²) in [5, 5.41) is 5.84. The lowest BCUT2D eigenvalue weighted by Crippen LogP contribution is -2.38. The first-order chi connectivity index (χ1) is 12.2. The Balaban J connectivity index is 1.43. The second-order valence-corrected chi connectivity index (χ2v) is 6.85. The average Bonchev–Trinajstić information content (AvgIpc) is 2.65. The van der Waals surface area contributed by atoms with Gasteiger partial charge in [0.05, 0.1) is 6.04 Å². The Morgan fingerprint density at radius 2 is 1.88 bits per heavy atom. The van der Waals surface area contributed by atoms with Crippen LogP contribution >= 0.6 is 11.8 Å². The number of benzene rings is 2. The van der Waals surface area contributed by atoms with Crippen molar-refractivity contribution in [2.24, 2.45) is 0 Å². The number of carbonyl (C=O) groups excluding carboxylic acids is 1. The van der Waals surface area contributed by atoms with Crippen LogP contribution in [0, 0.1) is 0 Å². The summed E-state index contributed by atoms with van der Waals surface area (Å²) in [5.41, 5.74) is 0.984. The van der Waals surface area contributed by atoms with Gasteiger partial charge in [0, 0.05) is 17.2 Å². The van der Waals surface area contributed by atoms with Crippen LogP contribution in [-0.2, 0) is 0 Å². The molecule has 0 bridgehead atoms. The van der Waals surface area contributed by atoms with Crippen LogP contribution in [0.3, 0.4) is 0 Å². The molecule has 0 aromatic heterocycles. The smallest absolute Gasteiger partial charge is 0.315 e. The minimum absolute atomic E-state index is 0.113. The highest BCUT2D eigenvalue weighted by molar-refractivity contribution is 7.99. The molecule has 1 aliphatic heterocycles. The summed E-state index contributed by atoms with van der Waals surface area (Å²) in [5.74, 6) is 2.32. The van der Waals surface area contributed by atoms with Gasteiger partial charge in [-0.1, -0.05) is 24.3 Å². The summed E-state index contributed by atoms with van der Waals surface area (Å²) >= 11 is 1.72. The first kappa shape index (κ1) is 17.5. The van der Waals surface area contributed by atoms with Gasteiger partial charge in [-0.05, 0) is 36.8 Å². The SMILES string of the molecule is CC(NC(=O)NCCSc1ccccc1)c1ccc2c(c1)OCCO2. The predicted molar refractivity (Wildman–Crippen MR) is 99.5 cm³/mol. The van der Waals surface area contributed by atoms with E-state index in [1.165, 1.54) is 4.90 Å². The third-order valence-electron chi connectivity index (χ3n) is 3.81. The van der Waals surface area contributed by atoms with E-state index in [-0.39, 0.29) is 12.1 Å². The number of urea groups is 1. The van der Waals surface area contributed by atoms with Gasteiger partial charge in [0.1, 0.15) is 13.2 Å². The fraction of sp³-hybridized carbons (Fsp3) is 0.316. The molecule has 5 nitrogen and oxygen atoms in total. The quantitative estimate of drug-likeness (QED) is 0.612. The molecule has 132 valence electrons.